The van der Waals surface area contributed by atoms with E-state index in [0.717, 1.165) is 0 Å². The summed E-state index contributed by atoms with van der Waals surface area (Å²) in [5.74, 6) is -0.614. The zero-order valence-electron chi connectivity index (χ0n) is 28.3. The van der Waals surface area contributed by atoms with E-state index in [1.807, 2.05) is 0 Å². The van der Waals surface area contributed by atoms with E-state index >= 15 is 0 Å². The number of carbonyl (C=O) groups excluding carboxylic acids is 1. The summed E-state index contributed by atoms with van der Waals surface area (Å²) in [5.41, 5.74) is 0.0189. The molecule has 17 nitrogen and oxygen atoms in total. The van der Waals surface area contributed by atoms with Gasteiger partial charge < -0.3 is 55.2 Å². The van der Waals surface area contributed by atoms with Gasteiger partial charge in [-0.15, -0.1) is 33.6 Å². The van der Waals surface area contributed by atoms with E-state index in [4.69, 9.17) is 72.3 Å². The predicted octanol–water partition coefficient (Wildman–Crippen LogP) is 2.03. The van der Waals surface area contributed by atoms with Gasteiger partial charge in [-0.3, -0.25) is 4.79 Å². The van der Waals surface area contributed by atoms with Crippen molar-refractivity contribution in [2.75, 3.05) is 27.9 Å². The largest absolute Gasteiger partial charge is 0.559 e. The van der Waals surface area contributed by atoms with Crippen LogP contribution in [0.15, 0.2) is 48.2 Å². The van der Waals surface area contributed by atoms with Crippen LogP contribution in [-0.4, -0.2) is 122 Å². The van der Waals surface area contributed by atoms with Gasteiger partial charge in [0.15, 0.2) is 21.2 Å². The lowest BCUT2D eigenvalue weighted by atomic mass is 10.1. The molecule has 1 aliphatic heterocycles. The number of rotatable bonds is 21. The molecule has 52 heavy (non-hydrogen) atoms. The molecule has 288 valence electrons. The highest BCUT2D eigenvalue weighted by Crippen LogP contribution is 2.36. The van der Waals surface area contributed by atoms with Crippen molar-refractivity contribution in [1.82, 2.24) is 25.7 Å². The summed E-state index contributed by atoms with van der Waals surface area (Å²) in [6, 6.07) is 1.02. The number of ketones is 1. The fourth-order valence-corrected chi connectivity index (χ4v) is 24.0. The first kappa shape index (κ1) is 44.9. The zero-order valence-corrected chi connectivity index (χ0v) is 36.3. The summed E-state index contributed by atoms with van der Waals surface area (Å²) in [6.07, 6.45) is 2.49. The number of carbonyl (C=O) groups is 1. The summed E-state index contributed by atoms with van der Waals surface area (Å²) in [7, 11) is -18.0. The van der Waals surface area contributed by atoms with Crippen molar-refractivity contribution in [3.05, 3.63) is 74.8 Å². The van der Waals surface area contributed by atoms with Gasteiger partial charge in [0.25, 0.3) is 0 Å². The Morgan fingerprint density at radius 1 is 0.808 bits per heavy atom. The highest BCUT2D eigenvalue weighted by molar-refractivity contribution is 6.91. The smallest absolute Gasteiger partial charge is 0.485 e. The number of nitrogens with zero attached hydrogens (tertiary/aromatic N) is 4. The lowest BCUT2D eigenvalue weighted by molar-refractivity contribution is -0.117. The Hall–Kier alpha value is -1.51. The van der Waals surface area contributed by atoms with Crippen molar-refractivity contribution in [2.45, 2.75) is 42.3 Å². The molecule has 3 rings (SSSR count). The third-order valence-corrected chi connectivity index (χ3v) is 25.5. The molecule has 0 saturated heterocycles. The van der Waals surface area contributed by atoms with Gasteiger partial charge >= 0.3 is 43.5 Å². The Kier molecular flexibility index (Phi) is 16.3. The molecule has 0 fully saturated rings. The Morgan fingerprint density at radius 3 is 2.02 bits per heavy atom. The van der Waals surface area contributed by atoms with Crippen LogP contribution in [0.5, 0.6) is 5.88 Å². The number of nitrogens with one attached hydrogen (secondary N) is 1. The number of aromatic nitrogens is 4. The molecule has 3 atom stereocenters. The molecular weight excluding hydrogens is 857 g/mol. The minimum atomic E-state index is -4.93. The SMILES string of the molecule is C=CC[Si](O)(O)O[Si](CC=C)(C[Si](O)(Cc1cc(Cl)nnc1Cl)O[Si](O)(CC1=C(Cl)NCC(=O)C1)Oc1cc(C[Si](O)(OC)OC)c(Cl)nn1)OC. The van der Waals surface area contributed by atoms with Gasteiger partial charge in [-0.05, 0) is 17.2 Å². The van der Waals surface area contributed by atoms with E-state index in [9.17, 15) is 28.8 Å². The van der Waals surface area contributed by atoms with Gasteiger partial charge in [0.1, 0.15) is 5.16 Å². The van der Waals surface area contributed by atoms with Crippen molar-refractivity contribution in [2.24, 2.45) is 0 Å². The van der Waals surface area contributed by atoms with Crippen LogP contribution in [0.25, 0.3) is 0 Å². The van der Waals surface area contributed by atoms with Crippen LogP contribution in [-0.2, 0) is 38.4 Å². The second-order valence-corrected chi connectivity index (χ2v) is 27.5. The molecular formula is C26H39Cl4N5O12Si5. The van der Waals surface area contributed by atoms with Gasteiger partial charge in [0, 0.05) is 69.2 Å². The van der Waals surface area contributed by atoms with Gasteiger partial charge in [-0.2, -0.15) is 0 Å². The summed E-state index contributed by atoms with van der Waals surface area (Å²) in [6.45, 7) is 7.23. The summed E-state index contributed by atoms with van der Waals surface area (Å²) in [4.78, 5) is 69.9. The summed E-state index contributed by atoms with van der Waals surface area (Å²) >= 11 is 25.2. The monoisotopic (exact) mass is 893 g/mol. The normalized spacial score (nSPS) is 17.5. The van der Waals surface area contributed by atoms with Gasteiger partial charge in [0.05, 0.1) is 12.6 Å². The zero-order chi connectivity index (χ0) is 39.0. The number of hydrogen-bond acceptors (Lipinski definition) is 17. The Labute approximate surface area is 325 Å². The van der Waals surface area contributed by atoms with E-state index in [-0.39, 0.29) is 80.1 Å². The maximum absolute atomic E-state index is 12.7. The molecule has 26 heteroatoms. The first-order valence-electron chi connectivity index (χ1n) is 15.2. The van der Waals surface area contributed by atoms with Crippen LogP contribution >= 0.6 is 46.4 Å². The lowest BCUT2D eigenvalue weighted by Gasteiger charge is -2.40. The van der Waals surface area contributed by atoms with Crippen molar-refractivity contribution in [1.29, 1.82) is 0 Å². The van der Waals surface area contributed by atoms with Crippen LogP contribution in [0.4, 0.5) is 0 Å². The van der Waals surface area contributed by atoms with E-state index < -0.39 is 61.3 Å². The molecule has 0 spiro atoms. The number of allylic oxidation sites excluding steroid dienone is 3. The maximum atomic E-state index is 12.7. The Morgan fingerprint density at radius 2 is 1.42 bits per heavy atom. The highest BCUT2D eigenvalue weighted by Gasteiger charge is 2.58. The van der Waals surface area contributed by atoms with Gasteiger partial charge in [-0.25, -0.2) is 0 Å². The molecule has 2 aromatic rings. The number of Topliss-reactive ketones (excluding diaryl/α,β-unsaturated/α-hetero) is 1. The standard InChI is InChI=1S/C26H39Cl4N5O12Si5/c1-6-8-49(42-3,47-50(38,39)9-7-2)17-48(37,14-19-11-22(27)32-34-25(19)29)46-52(41,16-18-10-21(36)13-31-24(18)28)45-23-12-20(26(30)35-33-23)15-51(40,43-4)44-5/h6-7,11-12,31,37-41H,1-2,8-10,13-17H2,3-5H3. The first-order chi connectivity index (χ1) is 24.3. The van der Waals surface area contributed by atoms with Gasteiger partial charge in [0.2, 0.25) is 5.88 Å². The molecule has 0 radical (unpaired) electrons. The Balaban J connectivity index is 2.22. The van der Waals surface area contributed by atoms with Crippen LogP contribution in [0.3, 0.4) is 0 Å². The molecule has 3 unspecified atom stereocenters. The van der Waals surface area contributed by atoms with Crippen molar-refractivity contribution in [3.63, 3.8) is 0 Å². The third kappa shape index (κ3) is 12.8. The second-order valence-electron chi connectivity index (χ2n) is 11.6. The maximum Gasteiger partial charge on any atom is 0.559 e. The van der Waals surface area contributed by atoms with Crippen LogP contribution in [0, 0.1) is 0 Å². The molecule has 3 heterocycles. The minimum Gasteiger partial charge on any atom is -0.485 e. The molecule has 0 bridgehead atoms. The average Bonchev–Trinajstić information content (AvgIpc) is 3.05. The van der Waals surface area contributed by atoms with E-state index in [0.29, 0.717) is 0 Å². The number of hydrogen-bond donors (Lipinski definition) is 6. The summed E-state index contributed by atoms with van der Waals surface area (Å²) in [5, 5.41) is 17.7. The first-order valence-corrected chi connectivity index (χ1v) is 27.1. The van der Waals surface area contributed by atoms with E-state index in [1.54, 1.807) is 0 Å². The molecule has 0 amide bonds. The molecule has 2 aromatic heterocycles. The molecule has 0 aliphatic carbocycles. The van der Waals surface area contributed by atoms with Crippen LogP contribution in [0.2, 0.25) is 39.3 Å². The van der Waals surface area contributed by atoms with Crippen LogP contribution in [0.1, 0.15) is 17.5 Å². The minimum absolute atomic E-state index is 0.0478. The average molecular weight is 896 g/mol. The fourth-order valence-electron chi connectivity index (χ4n) is 5.14. The number of halogens is 4. The van der Waals surface area contributed by atoms with Crippen molar-refractivity contribution in [3.8, 4) is 5.88 Å². The van der Waals surface area contributed by atoms with Crippen molar-refractivity contribution < 1.29 is 54.7 Å². The Bertz CT molecular complexity index is 1650. The predicted molar refractivity (Wildman–Crippen MR) is 200 cm³/mol. The quantitative estimate of drug-likeness (QED) is 0.0597. The highest BCUT2D eigenvalue weighted by atomic mass is 35.5. The molecule has 0 aromatic carbocycles. The molecule has 1 aliphatic rings. The lowest BCUT2D eigenvalue weighted by Crippen LogP contribution is -2.64. The van der Waals surface area contributed by atoms with Crippen LogP contribution < -0.4 is 9.74 Å². The fraction of sp³-hybridized carbons (Fsp3) is 0.423. The van der Waals surface area contributed by atoms with E-state index in [2.05, 4.69) is 38.9 Å². The second kappa shape index (κ2) is 18.9. The summed E-state index contributed by atoms with van der Waals surface area (Å²) < 4.78 is 34.5. The molecule has 6 N–H and O–H groups in total. The van der Waals surface area contributed by atoms with E-state index in [1.165, 1.54) is 45.6 Å². The van der Waals surface area contributed by atoms with Gasteiger partial charge in [-0.1, -0.05) is 58.6 Å². The third-order valence-electron chi connectivity index (χ3n) is 7.45. The topological polar surface area (TPSA) is 237 Å². The molecule has 0 saturated carbocycles. The van der Waals surface area contributed by atoms with Crippen molar-refractivity contribution >= 4 is 95.7 Å².